The van der Waals surface area contributed by atoms with Crippen molar-refractivity contribution >= 4 is 27.7 Å². The molecule has 5 nitrogen and oxygen atoms in total. The van der Waals surface area contributed by atoms with Crippen molar-refractivity contribution in [2.24, 2.45) is 0 Å². The Morgan fingerprint density at radius 3 is 2.14 bits per heavy atom. The van der Waals surface area contributed by atoms with E-state index in [-0.39, 0.29) is 11.3 Å². The quantitative estimate of drug-likeness (QED) is 0.706. The molecule has 2 aromatic rings. The highest BCUT2D eigenvalue weighted by atomic mass is 79.9. The first-order valence-electron chi connectivity index (χ1n) is 5.89. The minimum Gasteiger partial charge on any atom is -0.356 e. The third-order valence-corrected chi connectivity index (χ3v) is 3.11. The SMILES string of the molecule is O=C(NNC(=O)c1cc(Br)c[nH]1)c1ccc(C(F)(F)F)cc1. The molecule has 1 heterocycles. The molecule has 22 heavy (non-hydrogen) atoms. The molecule has 0 unspecified atom stereocenters. The molecule has 0 fully saturated rings. The fraction of sp³-hybridized carbons (Fsp3) is 0.0769. The van der Waals surface area contributed by atoms with Gasteiger partial charge in [-0.15, -0.1) is 0 Å². The van der Waals surface area contributed by atoms with E-state index in [1.807, 2.05) is 0 Å². The summed E-state index contributed by atoms with van der Waals surface area (Å²) in [7, 11) is 0. The number of halogens is 4. The average molecular weight is 376 g/mol. The van der Waals surface area contributed by atoms with Gasteiger partial charge in [-0.3, -0.25) is 20.4 Å². The first-order valence-corrected chi connectivity index (χ1v) is 6.68. The van der Waals surface area contributed by atoms with Crippen molar-refractivity contribution in [1.82, 2.24) is 15.8 Å². The Kier molecular flexibility index (Phi) is 4.55. The molecule has 1 aromatic carbocycles. The smallest absolute Gasteiger partial charge is 0.356 e. The monoisotopic (exact) mass is 375 g/mol. The maximum atomic E-state index is 12.4. The molecule has 0 saturated carbocycles. The van der Waals surface area contributed by atoms with Gasteiger partial charge in [0.05, 0.1) is 5.56 Å². The summed E-state index contributed by atoms with van der Waals surface area (Å²) >= 11 is 3.15. The fourth-order valence-electron chi connectivity index (χ4n) is 1.56. The van der Waals surface area contributed by atoms with Gasteiger partial charge in [0.2, 0.25) is 0 Å². The van der Waals surface area contributed by atoms with E-state index in [9.17, 15) is 22.8 Å². The molecule has 0 radical (unpaired) electrons. The number of carbonyl (C=O) groups is 2. The second kappa shape index (κ2) is 6.22. The Hall–Kier alpha value is -2.29. The first kappa shape index (κ1) is 16.1. The Labute approximate surface area is 131 Å². The van der Waals surface area contributed by atoms with Gasteiger partial charge in [0.15, 0.2) is 0 Å². The summed E-state index contributed by atoms with van der Waals surface area (Å²) in [5.41, 5.74) is 3.59. The van der Waals surface area contributed by atoms with Gasteiger partial charge in [-0.05, 0) is 46.3 Å². The lowest BCUT2D eigenvalue weighted by atomic mass is 10.1. The summed E-state index contributed by atoms with van der Waals surface area (Å²) in [6.07, 6.45) is -2.93. The summed E-state index contributed by atoms with van der Waals surface area (Å²) < 4.78 is 37.9. The minimum atomic E-state index is -4.47. The molecule has 0 aliphatic heterocycles. The number of aromatic nitrogens is 1. The van der Waals surface area contributed by atoms with E-state index in [2.05, 4.69) is 31.8 Å². The summed E-state index contributed by atoms with van der Waals surface area (Å²) in [5.74, 6) is -1.32. The molecule has 0 aliphatic carbocycles. The molecule has 1 aromatic heterocycles. The predicted molar refractivity (Wildman–Crippen MR) is 74.9 cm³/mol. The number of amides is 2. The highest BCUT2D eigenvalue weighted by Crippen LogP contribution is 2.29. The van der Waals surface area contributed by atoms with E-state index < -0.39 is 23.6 Å². The van der Waals surface area contributed by atoms with Crippen molar-refractivity contribution in [2.75, 3.05) is 0 Å². The van der Waals surface area contributed by atoms with Crippen LogP contribution in [0.25, 0.3) is 0 Å². The number of H-pyrrole nitrogens is 1. The summed E-state index contributed by atoms with van der Waals surface area (Å²) in [5, 5.41) is 0. The Balaban J connectivity index is 1.96. The Bertz CT molecular complexity index is 695. The van der Waals surface area contributed by atoms with E-state index in [1.165, 1.54) is 12.3 Å². The van der Waals surface area contributed by atoms with Crippen molar-refractivity contribution in [3.8, 4) is 0 Å². The maximum Gasteiger partial charge on any atom is 0.416 e. The zero-order valence-corrected chi connectivity index (χ0v) is 12.4. The van der Waals surface area contributed by atoms with Gasteiger partial charge in [-0.25, -0.2) is 0 Å². The van der Waals surface area contributed by atoms with Crippen LogP contribution in [-0.4, -0.2) is 16.8 Å². The number of rotatable bonds is 2. The molecular formula is C13H9BrF3N3O2. The van der Waals surface area contributed by atoms with Crippen LogP contribution < -0.4 is 10.9 Å². The first-order chi connectivity index (χ1) is 10.3. The molecule has 0 atom stereocenters. The van der Waals surface area contributed by atoms with Crippen LogP contribution in [0.1, 0.15) is 26.4 Å². The molecule has 0 aliphatic rings. The van der Waals surface area contributed by atoms with Crippen LogP contribution >= 0.6 is 15.9 Å². The fourth-order valence-corrected chi connectivity index (χ4v) is 1.91. The van der Waals surface area contributed by atoms with Crippen LogP contribution in [0.3, 0.4) is 0 Å². The highest BCUT2D eigenvalue weighted by Gasteiger charge is 2.30. The number of nitrogens with one attached hydrogen (secondary N) is 3. The molecular weight excluding hydrogens is 367 g/mol. The number of benzene rings is 1. The van der Waals surface area contributed by atoms with Crippen LogP contribution in [-0.2, 0) is 6.18 Å². The molecule has 3 N–H and O–H groups in total. The van der Waals surface area contributed by atoms with E-state index in [4.69, 9.17) is 0 Å². The minimum absolute atomic E-state index is 0.0130. The zero-order chi connectivity index (χ0) is 16.3. The van der Waals surface area contributed by atoms with Crippen molar-refractivity contribution in [2.45, 2.75) is 6.18 Å². The van der Waals surface area contributed by atoms with E-state index in [0.29, 0.717) is 4.47 Å². The van der Waals surface area contributed by atoms with Gasteiger partial charge in [0.25, 0.3) is 11.8 Å². The molecule has 2 rings (SSSR count). The molecule has 9 heteroatoms. The lowest BCUT2D eigenvalue weighted by Gasteiger charge is -2.08. The van der Waals surface area contributed by atoms with Gasteiger partial charge in [-0.2, -0.15) is 13.2 Å². The molecule has 0 spiro atoms. The van der Waals surface area contributed by atoms with Gasteiger partial charge in [0.1, 0.15) is 5.69 Å². The van der Waals surface area contributed by atoms with Crippen LogP contribution in [0.15, 0.2) is 41.0 Å². The van der Waals surface area contributed by atoms with Crippen LogP contribution in [0.5, 0.6) is 0 Å². The van der Waals surface area contributed by atoms with Crippen LogP contribution in [0.4, 0.5) is 13.2 Å². The number of carbonyl (C=O) groups excluding carboxylic acids is 2. The van der Waals surface area contributed by atoms with E-state index in [1.54, 1.807) is 0 Å². The lowest BCUT2D eigenvalue weighted by Crippen LogP contribution is -2.41. The zero-order valence-electron chi connectivity index (χ0n) is 10.8. The number of hydrogen-bond donors (Lipinski definition) is 3. The Morgan fingerprint density at radius 2 is 1.64 bits per heavy atom. The normalized spacial score (nSPS) is 11.1. The van der Waals surface area contributed by atoms with Gasteiger partial charge in [0, 0.05) is 16.2 Å². The van der Waals surface area contributed by atoms with Crippen LogP contribution in [0, 0.1) is 0 Å². The molecule has 116 valence electrons. The Morgan fingerprint density at radius 1 is 1.05 bits per heavy atom. The molecule has 0 bridgehead atoms. The lowest BCUT2D eigenvalue weighted by molar-refractivity contribution is -0.137. The summed E-state index contributed by atoms with van der Waals surface area (Å²) in [6.45, 7) is 0. The van der Waals surface area contributed by atoms with Gasteiger partial charge >= 0.3 is 6.18 Å². The largest absolute Gasteiger partial charge is 0.416 e. The summed E-state index contributed by atoms with van der Waals surface area (Å²) in [4.78, 5) is 26.0. The highest BCUT2D eigenvalue weighted by molar-refractivity contribution is 9.10. The maximum absolute atomic E-state index is 12.4. The third-order valence-electron chi connectivity index (χ3n) is 2.66. The van der Waals surface area contributed by atoms with Crippen molar-refractivity contribution < 1.29 is 22.8 Å². The topological polar surface area (TPSA) is 74.0 Å². The second-order valence-corrected chi connectivity index (χ2v) is 5.13. The van der Waals surface area contributed by atoms with Crippen molar-refractivity contribution in [1.29, 1.82) is 0 Å². The van der Waals surface area contributed by atoms with E-state index in [0.717, 1.165) is 24.3 Å². The number of alkyl halides is 3. The summed E-state index contributed by atoms with van der Waals surface area (Å²) in [6, 6.07) is 5.13. The van der Waals surface area contributed by atoms with Crippen LogP contribution in [0.2, 0.25) is 0 Å². The molecule has 2 amide bonds. The molecule has 0 saturated heterocycles. The van der Waals surface area contributed by atoms with Gasteiger partial charge in [-0.1, -0.05) is 0 Å². The number of hydrogen-bond acceptors (Lipinski definition) is 2. The van der Waals surface area contributed by atoms with Crippen molar-refractivity contribution in [3.05, 3.63) is 57.8 Å². The third kappa shape index (κ3) is 3.88. The number of hydrazine groups is 1. The predicted octanol–water partition coefficient (Wildman–Crippen LogP) is 2.87. The number of aromatic amines is 1. The van der Waals surface area contributed by atoms with Gasteiger partial charge < -0.3 is 4.98 Å². The second-order valence-electron chi connectivity index (χ2n) is 4.21. The standard InChI is InChI=1S/C13H9BrF3N3O2/c14-9-5-10(18-6-9)12(22)20-19-11(21)7-1-3-8(4-2-7)13(15,16)17/h1-6,18H,(H,19,21)(H,20,22). The average Bonchev–Trinajstić information content (AvgIpc) is 2.90. The van der Waals surface area contributed by atoms with Crippen molar-refractivity contribution in [3.63, 3.8) is 0 Å². The van der Waals surface area contributed by atoms with E-state index >= 15 is 0 Å².